The molecule has 0 radical (unpaired) electrons. The summed E-state index contributed by atoms with van der Waals surface area (Å²) in [7, 11) is -3.29. The summed E-state index contributed by atoms with van der Waals surface area (Å²) >= 11 is 5.69. The van der Waals surface area contributed by atoms with E-state index < -0.39 is 56.2 Å². The van der Waals surface area contributed by atoms with Gasteiger partial charge in [0.25, 0.3) is 0 Å². The third-order valence-corrected chi connectivity index (χ3v) is 8.14. The van der Waals surface area contributed by atoms with Gasteiger partial charge in [-0.2, -0.15) is 0 Å². The predicted octanol–water partition coefficient (Wildman–Crippen LogP) is 3.70. The number of carbonyl (C=O) groups excluding carboxylic acids is 2. The molecule has 2 N–H and O–H groups in total. The first-order chi connectivity index (χ1) is 16.9. The molecule has 2 aromatic rings. The van der Waals surface area contributed by atoms with Crippen molar-refractivity contribution >= 4 is 50.4 Å². The first-order valence-electron chi connectivity index (χ1n) is 11.2. The number of hydrogen-bond acceptors (Lipinski definition) is 5. The molecule has 0 bridgehead atoms. The highest BCUT2D eigenvalue weighted by molar-refractivity contribution is 7.91. The lowest BCUT2D eigenvalue weighted by atomic mass is 10.0. The molecule has 2 atom stereocenters. The Morgan fingerprint density at radius 2 is 1.75 bits per heavy atom. The van der Waals surface area contributed by atoms with Crippen molar-refractivity contribution in [3.8, 4) is 0 Å². The van der Waals surface area contributed by atoms with E-state index in [1.807, 2.05) is 0 Å². The van der Waals surface area contributed by atoms with Gasteiger partial charge in [-0.25, -0.2) is 26.4 Å². The second-order valence-electron chi connectivity index (χ2n) is 8.85. The topological polar surface area (TPSA) is 98.8 Å². The monoisotopic (exact) mass is 544 g/mol. The number of anilines is 3. The number of urea groups is 1. The van der Waals surface area contributed by atoms with Crippen molar-refractivity contribution in [3.63, 3.8) is 0 Å². The Hall–Kier alpha value is -2.99. The maximum atomic E-state index is 15.1. The Bertz CT molecular complexity index is 1290. The highest BCUT2D eigenvalue weighted by Crippen LogP contribution is 2.33. The first-order valence-corrected chi connectivity index (χ1v) is 13.5. The van der Waals surface area contributed by atoms with Crippen LogP contribution in [0.3, 0.4) is 0 Å². The van der Waals surface area contributed by atoms with Crippen LogP contribution in [-0.2, 0) is 14.6 Å². The van der Waals surface area contributed by atoms with Gasteiger partial charge in [0.15, 0.2) is 21.5 Å². The second-order valence-corrected chi connectivity index (χ2v) is 11.6. The molecule has 3 amide bonds. The molecule has 2 aromatic carbocycles. The molecule has 1 unspecified atom stereocenters. The fraction of sp³-hybridized carbons (Fsp3) is 0.391. The Morgan fingerprint density at radius 3 is 2.36 bits per heavy atom. The zero-order valence-electron chi connectivity index (χ0n) is 19.2. The fourth-order valence-corrected chi connectivity index (χ4v) is 5.59. The Kier molecular flexibility index (Phi) is 7.37. The number of nitrogens with zero attached hydrogens (tertiary/aromatic N) is 2. The van der Waals surface area contributed by atoms with Crippen LogP contribution < -0.4 is 20.4 Å². The maximum Gasteiger partial charge on any atom is 0.319 e. The molecule has 2 saturated heterocycles. The standard InChI is InChI=1S/C23H24ClF3N4O4S/c1-36(34,35)15-6-8-30(12-15)14-10-17(26)21(18(27)11-14)31-7-2-3-20(22(31)32)29-23(33)28-19-5-4-13(24)9-16(19)25/h4-5,9-11,15,20H,2-3,6-8,12H2,1H3,(H2,28,29,33)/t15?,20-/m1/s1. The van der Waals surface area contributed by atoms with Gasteiger partial charge in [0.05, 0.1) is 10.9 Å². The lowest BCUT2D eigenvalue weighted by Gasteiger charge is -2.33. The average Bonchev–Trinajstić information content (AvgIpc) is 3.29. The zero-order valence-corrected chi connectivity index (χ0v) is 20.8. The van der Waals surface area contributed by atoms with E-state index in [0.717, 1.165) is 29.4 Å². The van der Waals surface area contributed by atoms with Crippen molar-refractivity contribution in [2.24, 2.45) is 0 Å². The van der Waals surface area contributed by atoms with Crippen LogP contribution in [0.1, 0.15) is 19.3 Å². The maximum absolute atomic E-state index is 15.1. The van der Waals surface area contributed by atoms with E-state index >= 15 is 8.78 Å². The van der Waals surface area contributed by atoms with Crippen LogP contribution in [0.15, 0.2) is 30.3 Å². The van der Waals surface area contributed by atoms with Gasteiger partial charge < -0.3 is 20.4 Å². The van der Waals surface area contributed by atoms with E-state index in [0.29, 0.717) is 19.4 Å². The highest BCUT2D eigenvalue weighted by Gasteiger charge is 2.35. The van der Waals surface area contributed by atoms with Gasteiger partial charge in [0, 0.05) is 36.6 Å². The highest BCUT2D eigenvalue weighted by atomic mass is 35.5. The fourth-order valence-electron chi connectivity index (χ4n) is 4.44. The number of benzene rings is 2. The van der Waals surface area contributed by atoms with E-state index in [9.17, 15) is 22.4 Å². The predicted molar refractivity (Wildman–Crippen MR) is 131 cm³/mol. The summed E-state index contributed by atoms with van der Waals surface area (Å²) < 4.78 is 67.7. The van der Waals surface area contributed by atoms with Gasteiger partial charge >= 0.3 is 6.03 Å². The summed E-state index contributed by atoms with van der Waals surface area (Å²) in [4.78, 5) is 27.9. The van der Waals surface area contributed by atoms with Crippen molar-refractivity contribution in [1.29, 1.82) is 0 Å². The summed E-state index contributed by atoms with van der Waals surface area (Å²) in [5, 5.41) is 4.23. The summed E-state index contributed by atoms with van der Waals surface area (Å²) in [6.07, 6.45) is 2.07. The molecule has 0 saturated carbocycles. The van der Waals surface area contributed by atoms with E-state index in [4.69, 9.17) is 11.6 Å². The summed E-state index contributed by atoms with van der Waals surface area (Å²) in [6, 6.07) is 3.86. The van der Waals surface area contributed by atoms with E-state index in [1.54, 1.807) is 4.90 Å². The minimum atomic E-state index is -3.29. The molecule has 2 aliphatic rings. The molecule has 0 spiro atoms. The molecule has 36 heavy (non-hydrogen) atoms. The van der Waals surface area contributed by atoms with Gasteiger partial charge in [-0.05, 0) is 49.6 Å². The summed E-state index contributed by atoms with van der Waals surface area (Å²) in [5.41, 5.74) is -0.508. The van der Waals surface area contributed by atoms with Gasteiger partial charge in [-0.1, -0.05) is 11.6 Å². The number of carbonyl (C=O) groups is 2. The van der Waals surface area contributed by atoms with Crippen molar-refractivity contribution in [1.82, 2.24) is 5.32 Å². The minimum Gasteiger partial charge on any atom is -0.370 e. The van der Waals surface area contributed by atoms with Gasteiger partial charge in [0.2, 0.25) is 5.91 Å². The Balaban J connectivity index is 1.47. The van der Waals surface area contributed by atoms with Gasteiger partial charge in [-0.15, -0.1) is 0 Å². The van der Waals surface area contributed by atoms with Crippen LogP contribution in [-0.4, -0.2) is 57.5 Å². The average molecular weight is 545 g/mol. The van der Waals surface area contributed by atoms with Gasteiger partial charge in [0.1, 0.15) is 17.5 Å². The van der Waals surface area contributed by atoms with Crippen LogP contribution in [0.4, 0.5) is 35.0 Å². The molecular formula is C23H24ClF3N4O4S. The largest absolute Gasteiger partial charge is 0.370 e. The Labute approximate surface area is 211 Å². The SMILES string of the molecule is CS(=O)(=O)C1CCN(c2cc(F)c(N3CCC[C@@H](NC(=O)Nc4ccc(Cl)cc4F)C3=O)c(F)c2)C1. The summed E-state index contributed by atoms with van der Waals surface area (Å²) in [6.45, 7) is 0.487. The molecule has 2 heterocycles. The van der Waals surface area contributed by atoms with Crippen molar-refractivity contribution in [2.75, 3.05) is 41.0 Å². The molecule has 8 nitrogen and oxygen atoms in total. The lowest BCUT2D eigenvalue weighted by Crippen LogP contribution is -2.53. The van der Waals surface area contributed by atoms with Crippen LogP contribution in [0.5, 0.6) is 0 Å². The Morgan fingerprint density at radius 1 is 1.06 bits per heavy atom. The summed E-state index contributed by atoms with van der Waals surface area (Å²) in [5.74, 6) is -3.43. The van der Waals surface area contributed by atoms with E-state index in [2.05, 4.69) is 10.6 Å². The van der Waals surface area contributed by atoms with Crippen molar-refractivity contribution in [3.05, 3.63) is 52.8 Å². The molecule has 2 aliphatic heterocycles. The van der Waals surface area contributed by atoms with E-state index in [1.165, 1.54) is 12.1 Å². The molecule has 2 fully saturated rings. The molecule has 0 aromatic heterocycles. The van der Waals surface area contributed by atoms with E-state index in [-0.39, 0.29) is 35.9 Å². The number of hydrogen-bond donors (Lipinski definition) is 2. The zero-order chi connectivity index (χ0) is 26.2. The number of nitrogens with one attached hydrogen (secondary N) is 2. The van der Waals surface area contributed by atoms with Crippen LogP contribution in [0.2, 0.25) is 5.02 Å². The molecule has 4 rings (SSSR count). The first kappa shape index (κ1) is 26.1. The van der Waals surface area contributed by atoms with Crippen LogP contribution in [0.25, 0.3) is 0 Å². The minimum absolute atomic E-state index is 0.0392. The number of rotatable bonds is 5. The molecule has 13 heteroatoms. The third-order valence-electron chi connectivity index (χ3n) is 6.31. The van der Waals surface area contributed by atoms with Crippen molar-refractivity contribution in [2.45, 2.75) is 30.6 Å². The van der Waals surface area contributed by atoms with Crippen LogP contribution >= 0.6 is 11.6 Å². The molecule has 0 aliphatic carbocycles. The quantitative estimate of drug-likeness (QED) is 0.598. The smallest absolute Gasteiger partial charge is 0.319 e. The van der Waals surface area contributed by atoms with Gasteiger partial charge in [-0.3, -0.25) is 4.79 Å². The number of amides is 3. The second kappa shape index (κ2) is 10.2. The number of halogens is 4. The lowest BCUT2D eigenvalue weighted by molar-refractivity contribution is -0.121. The molecule has 194 valence electrons. The number of sulfone groups is 1. The normalized spacial score (nSPS) is 20.5. The number of piperidine rings is 1. The van der Waals surface area contributed by atoms with Crippen LogP contribution in [0, 0.1) is 17.5 Å². The third kappa shape index (κ3) is 5.54. The molecular weight excluding hydrogens is 521 g/mol. The van der Waals surface area contributed by atoms with Crippen molar-refractivity contribution < 1.29 is 31.2 Å².